The topological polar surface area (TPSA) is 53.4 Å². The first-order valence-electron chi connectivity index (χ1n) is 11.9. The number of hydrogen-bond donors (Lipinski definition) is 1. The van der Waals surface area contributed by atoms with Crippen LogP contribution in [0.3, 0.4) is 0 Å². The minimum absolute atomic E-state index is 0.183. The maximum atomic E-state index is 11.6. The highest BCUT2D eigenvalue weighted by Gasteiger charge is 2.22. The molecule has 32 heavy (non-hydrogen) atoms. The number of amides is 1. The molecule has 0 radical (unpaired) electrons. The van der Waals surface area contributed by atoms with E-state index in [0.717, 1.165) is 69.9 Å². The third kappa shape index (κ3) is 4.24. The summed E-state index contributed by atoms with van der Waals surface area (Å²) in [5.41, 5.74) is 6.30. The summed E-state index contributed by atoms with van der Waals surface area (Å²) in [4.78, 5) is 21.3. The first kappa shape index (κ1) is 21.0. The predicted octanol–water partition coefficient (Wildman–Crippen LogP) is 3.54. The summed E-state index contributed by atoms with van der Waals surface area (Å²) in [5, 5.41) is 3.64. The summed E-state index contributed by atoms with van der Waals surface area (Å²) in [5.74, 6) is 1.32. The fraction of sp³-hybridized carbons (Fsp3) is 0.462. The van der Waals surface area contributed by atoms with Gasteiger partial charge in [-0.2, -0.15) is 0 Å². The van der Waals surface area contributed by atoms with Crippen LogP contribution in [0.25, 0.3) is 11.0 Å². The number of imidazole rings is 1. The van der Waals surface area contributed by atoms with Gasteiger partial charge in [-0.05, 0) is 37.5 Å². The second-order valence-corrected chi connectivity index (χ2v) is 9.23. The number of carbonyl (C=O) groups is 1. The number of piperazine rings is 1. The van der Waals surface area contributed by atoms with Gasteiger partial charge in [0, 0.05) is 69.9 Å². The number of rotatable bonds is 5. The molecule has 2 aliphatic heterocycles. The van der Waals surface area contributed by atoms with Gasteiger partial charge in [0.2, 0.25) is 5.91 Å². The Morgan fingerprint density at radius 2 is 1.84 bits per heavy atom. The van der Waals surface area contributed by atoms with Crippen molar-refractivity contribution in [1.29, 1.82) is 0 Å². The maximum Gasteiger partial charge on any atom is 0.219 e. The van der Waals surface area contributed by atoms with Crippen LogP contribution in [0.4, 0.5) is 5.69 Å². The number of aromatic nitrogens is 2. The smallest absolute Gasteiger partial charge is 0.219 e. The van der Waals surface area contributed by atoms with Gasteiger partial charge in [-0.25, -0.2) is 4.98 Å². The largest absolute Gasteiger partial charge is 0.382 e. The zero-order valence-corrected chi connectivity index (χ0v) is 19.2. The Morgan fingerprint density at radius 1 is 1.06 bits per heavy atom. The summed E-state index contributed by atoms with van der Waals surface area (Å²) in [6.45, 7) is 9.35. The normalized spacial score (nSPS) is 19.1. The Balaban J connectivity index is 1.43. The average Bonchev–Trinajstić information content (AvgIpc) is 3.15. The van der Waals surface area contributed by atoms with E-state index in [9.17, 15) is 4.79 Å². The van der Waals surface area contributed by atoms with Crippen LogP contribution in [0.1, 0.15) is 37.2 Å². The van der Waals surface area contributed by atoms with Crippen LogP contribution in [-0.4, -0.2) is 64.0 Å². The van der Waals surface area contributed by atoms with Crippen LogP contribution in [0.2, 0.25) is 0 Å². The third-order valence-electron chi connectivity index (χ3n) is 7.00. The predicted molar refractivity (Wildman–Crippen MR) is 129 cm³/mol. The Kier molecular flexibility index (Phi) is 5.87. The van der Waals surface area contributed by atoms with Crippen LogP contribution in [0.5, 0.6) is 0 Å². The van der Waals surface area contributed by atoms with Gasteiger partial charge in [0.05, 0.1) is 11.0 Å². The molecule has 3 heterocycles. The van der Waals surface area contributed by atoms with E-state index in [1.165, 1.54) is 22.3 Å². The molecular weight excluding hydrogens is 398 g/mol. The van der Waals surface area contributed by atoms with Gasteiger partial charge in [0.15, 0.2) is 0 Å². The number of nitrogens with zero attached hydrogens (tertiary/aromatic N) is 4. The lowest BCUT2D eigenvalue weighted by Gasteiger charge is -2.34. The fourth-order valence-electron chi connectivity index (χ4n) is 5.07. The third-order valence-corrected chi connectivity index (χ3v) is 7.00. The Morgan fingerprint density at radius 3 is 2.59 bits per heavy atom. The Labute approximate surface area is 190 Å². The van der Waals surface area contributed by atoms with Gasteiger partial charge in [-0.1, -0.05) is 30.3 Å². The standard InChI is InChI=1S/C26H33N5O/c1-19-8-9-22-23(27-19)10-11-24-26(22)28-25(18-21-6-4-3-5-7-21)31(24)17-14-29-12-15-30(16-13-29)20(2)32/h3-7,10-11,19,27H,8-9,12-18H2,1-2H3/t19-/m0/s1. The van der Waals surface area contributed by atoms with Gasteiger partial charge in [-0.15, -0.1) is 0 Å². The second kappa shape index (κ2) is 8.94. The Hall–Kier alpha value is -2.86. The summed E-state index contributed by atoms with van der Waals surface area (Å²) in [7, 11) is 0. The molecule has 2 aliphatic rings. The first-order chi connectivity index (χ1) is 15.6. The van der Waals surface area contributed by atoms with Crippen LogP contribution in [0, 0.1) is 0 Å². The molecule has 6 heteroatoms. The summed E-state index contributed by atoms with van der Waals surface area (Å²) < 4.78 is 2.43. The summed E-state index contributed by atoms with van der Waals surface area (Å²) in [6, 6.07) is 15.6. The van der Waals surface area contributed by atoms with Crippen molar-refractivity contribution in [3.63, 3.8) is 0 Å². The highest BCUT2D eigenvalue weighted by molar-refractivity contribution is 5.86. The molecule has 2 aromatic carbocycles. The molecule has 0 unspecified atom stereocenters. The number of anilines is 1. The van der Waals surface area contributed by atoms with Crippen molar-refractivity contribution in [2.24, 2.45) is 0 Å². The molecule has 0 saturated carbocycles. The van der Waals surface area contributed by atoms with Crippen molar-refractivity contribution in [2.75, 3.05) is 38.0 Å². The lowest BCUT2D eigenvalue weighted by molar-refractivity contribution is -0.130. The molecule has 1 N–H and O–H groups in total. The molecule has 1 fully saturated rings. The minimum Gasteiger partial charge on any atom is -0.382 e. The zero-order valence-electron chi connectivity index (χ0n) is 19.2. The van der Waals surface area contributed by atoms with Gasteiger partial charge in [0.25, 0.3) is 0 Å². The highest BCUT2D eigenvalue weighted by atomic mass is 16.2. The number of aryl methyl sites for hydroxylation is 1. The number of nitrogens with one attached hydrogen (secondary N) is 1. The quantitative estimate of drug-likeness (QED) is 0.671. The minimum atomic E-state index is 0.183. The van der Waals surface area contributed by atoms with Crippen LogP contribution >= 0.6 is 0 Å². The van der Waals surface area contributed by atoms with E-state index in [0.29, 0.717) is 6.04 Å². The molecule has 6 nitrogen and oxygen atoms in total. The summed E-state index contributed by atoms with van der Waals surface area (Å²) >= 11 is 0. The molecular formula is C26H33N5O. The van der Waals surface area contributed by atoms with Gasteiger partial charge >= 0.3 is 0 Å². The molecule has 3 aromatic rings. The fourth-order valence-corrected chi connectivity index (χ4v) is 5.07. The molecule has 1 atom stereocenters. The first-order valence-corrected chi connectivity index (χ1v) is 11.9. The number of fused-ring (bicyclic) bond motifs is 3. The summed E-state index contributed by atoms with van der Waals surface area (Å²) in [6.07, 6.45) is 3.06. The lowest BCUT2D eigenvalue weighted by Crippen LogP contribution is -2.48. The molecule has 1 saturated heterocycles. The van der Waals surface area contributed by atoms with Gasteiger partial charge in [-0.3, -0.25) is 9.69 Å². The molecule has 1 amide bonds. The SMILES string of the molecule is CC(=O)N1CCN(CCn2c(Cc3ccccc3)nc3c4c(ccc32)N[C@@H](C)CC4)CC1. The maximum absolute atomic E-state index is 11.6. The lowest BCUT2D eigenvalue weighted by atomic mass is 9.98. The molecule has 5 rings (SSSR count). The molecule has 0 spiro atoms. The van der Waals surface area contributed by atoms with Crippen LogP contribution in [-0.2, 0) is 24.2 Å². The van der Waals surface area contributed by atoms with E-state index in [2.05, 4.69) is 64.2 Å². The number of hydrogen-bond acceptors (Lipinski definition) is 4. The van der Waals surface area contributed by atoms with Crippen molar-refractivity contribution in [3.8, 4) is 0 Å². The van der Waals surface area contributed by atoms with Crippen molar-refractivity contribution >= 4 is 22.6 Å². The molecule has 0 aliphatic carbocycles. The average molecular weight is 432 g/mol. The van der Waals surface area contributed by atoms with Crippen LogP contribution in [0.15, 0.2) is 42.5 Å². The zero-order chi connectivity index (χ0) is 22.1. The number of carbonyl (C=O) groups excluding carboxylic acids is 1. The second-order valence-electron chi connectivity index (χ2n) is 9.23. The van der Waals surface area contributed by atoms with E-state index < -0.39 is 0 Å². The van der Waals surface area contributed by atoms with Crippen molar-refractivity contribution in [1.82, 2.24) is 19.4 Å². The van der Waals surface area contributed by atoms with E-state index in [-0.39, 0.29) is 5.91 Å². The van der Waals surface area contributed by atoms with Crippen LogP contribution < -0.4 is 5.32 Å². The van der Waals surface area contributed by atoms with Gasteiger partial charge < -0.3 is 14.8 Å². The molecule has 168 valence electrons. The molecule has 1 aromatic heterocycles. The van der Waals surface area contributed by atoms with Crippen molar-refractivity contribution < 1.29 is 4.79 Å². The number of benzene rings is 2. The van der Waals surface area contributed by atoms with E-state index >= 15 is 0 Å². The van der Waals surface area contributed by atoms with E-state index in [4.69, 9.17) is 4.98 Å². The monoisotopic (exact) mass is 431 g/mol. The van der Waals surface area contributed by atoms with Crippen molar-refractivity contribution in [2.45, 2.75) is 45.7 Å². The van der Waals surface area contributed by atoms with E-state index in [1.54, 1.807) is 6.92 Å². The molecule has 0 bridgehead atoms. The van der Waals surface area contributed by atoms with Crippen molar-refractivity contribution in [3.05, 3.63) is 59.4 Å². The highest BCUT2D eigenvalue weighted by Crippen LogP contribution is 2.32. The van der Waals surface area contributed by atoms with E-state index in [1.807, 2.05) is 4.90 Å². The Bertz CT molecular complexity index is 1100. The van der Waals surface area contributed by atoms with Gasteiger partial charge in [0.1, 0.15) is 5.82 Å².